The highest BCUT2D eigenvalue weighted by Gasteiger charge is 2.32. The second-order valence-electron chi connectivity index (χ2n) is 21.3. The van der Waals surface area contributed by atoms with Crippen LogP contribution in [0.4, 0.5) is 0 Å². The average molecular weight is 1250 g/mol. The molecule has 35 nitrogen and oxygen atoms in total. The molecule has 0 unspecified atom stereocenters. The van der Waals surface area contributed by atoms with Gasteiger partial charge in [0, 0.05) is 6.92 Å². The van der Waals surface area contributed by atoms with Gasteiger partial charge >= 0.3 is 5.97 Å². The van der Waals surface area contributed by atoms with E-state index in [4.69, 9.17) is 5.73 Å². The number of carboxylic acid groups (broad SMARTS) is 1. The number of nitrogens with two attached hydrogens (primary N) is 1. The van der Waals surface area contributed by atoms with Gasteiger partial charge in [-0.15, -0.1) is 0 Å². The first kappa shape index (κ1) is 79.0. The summed E-state index contributed by atoms with van der Waals surface area (Å²) < 4.78 is 0. The minimum absolute atomic E-state index is 0.122. The van der Waals surface area contributed by atoms with Gasteiger partial charge in [0.2, 0.25) is 94.5 Å². The smallest absolute Gasteiger partial charge is 0.326 e. The second-order valence-corrected chi connectivity index (χ2v) is 21.3. The number of carboxylic acids is 1. The number of nitrogens with one attached hydrogen (secondary N) is 16. The number of amides is 16. The van der Waals surface area contributed by atoms with Gasteiger partial charge in [0.05, 0.1) is 0 Å². The molecule has 0 aromatic rings. The Morgan fingerprint density at radius 3 is 0.511 bits per heavy atom. The van der Waals surface area contributed by atoms with E-state index in [0.717, 1.165) is 0 Å². The molecule has 16 amide bonds. The summed E-state index contributed by atoms with van der Waals surface area (Å²) in [5.41, 5.74) is 5.44. The predicted molar refractivity (Wildman–Crippen MR) is 312 cm³/mol. The number of unbranched alkanes of at least 4 members (excludes halogenated alkanes) is 1. The van der Waals surface area contributed by atoms with E-state index >= 15 is 0 Å². The molecule has 0 aliphatic rings. The molecule has 0 aromatic heterocycles. The van der Waals surface area contributed by atoms with E-state index in [2.05, 4.69) is 85.1 Å². The molecule has 0 saturated carbocycles. The number of carbonyl (C=O) groups is 17. The molecule has 35 heteroatoms. The molecule has 0 aromatic carbocycles. The standard InChI is InChI=1S/C53H91N17O18/c1-21(55-36(16)71)38(72)56-22(2)39(73)57-23(3)40(74)58-24(4)41(75)59-25(5)42(76)60-26(6)43(77)61-27(7)44(78)62-28(8)45(79)63-29(9)46(80)64-30(10)47(81)65-31(11)48(82)66-32(12)49(83)67-33(13)50(84)68-34(14)51(85)69-35(15)52(86)70-37(53(87)88)19-17-18-20-54/h21-35,37H,17-20,54H2,1-16H3,(H,55,71)(H,56,72)(H,57,73)(H,58,74)(H,59,75)(H,60,76)(H,61,77)(H,62,78)(H,63,79)(H,64,80)(H,65,81)(H,66,82)(H,67,83)(H,68,84)(H,69,85)(H,70,86)(H,87,88)/t21-,22-,23-,24-,25-,26-,27-,28-,29-,30-,31-,32-,33-,34-,35-,37+/m1/s1. The second kappa shape index (κ2) is 38.2. The largest absolute Gasteiger partial charge is 0.480 e. The van der Waals surface area contributed by atoms with Crippen LogP contribution >= 0.6 is 0 Å². The average Bonchev–Trinajstić information content (AvgIpc) is 3.56. The lowest BCUT2D eigenvalue weighted by atomic mass is 10.1. The Hall–Kier alpha value is -9.05. The number of carbonyl (C=O) groups excluding carboxylic acids is 16. The lowest BCUT2D eigenvalue weighted by molar-refractivity contribution is -0.142. The van der Waals surface area contributed by atoms with Crippen LogP contribution in [-0.2, 0) is 81.5 Å². The van der Waals surface area contributed by atoms with Crippen LogP contribution in [-0.4, -0.2) is 209 Å². The van der Waals surface area contributed by atoms with Crippen LogP contribution in [0.15, 0.2) is 0 Å². The molecule has 0 spiro atoms. The van der Waals surface area contributed by atoms with E-state index in [1.54, 1.807) is 0 Å². The van der Waals surface area contributed by atoms with Crippen molar-refractivity contribution in [1.29, 1.82) is 0 Å². The van der Waals surface area contributed by atoms with Gasteiger partial charge in [-0.05, 0) is 130 Å². The normalized spacial score (nSPS) is 16.3. The summed E-state index contributed by atoms with van der Waals surface area (Å²) in [6, 6.07) is -19.4. The van der Waals surface area contributed by atoms with Crippen molar-refractivity contribution in [2.24, 2.45) is 5.73 Å². The highest BCUT2D eigenvalue weighted by Crippen LogP contribution is 2.03. The fourth-order valence-corrected chi connectivity index (χ4v) is 7.07. The Labute approximate surface area is 509 Å². The number of aliphatic carboxylic acids is 1. The first-order chi connectivity index (χ1) is 40.6. The summed E-state index contributed by atoms with van der Waals surface area (Å²) in [4.78, 5) is 215. The van der Waals surface area contributed by atoms with E-state index in [9.17, 15) is 86.6 Å². The summed E-state index contributed by atoms with van der Waals surface area (Å²) >= 11 is 0. The summed E-state index contributed by atoms with van der Waals surface area (Å²) in [6.07, 6.45) is 1.12. The van der Waals surface area contributed by atoms with E-state index in [-0.39, 0.29) is 6.42 Å². The minimum atomic E-state index is -1.28. The van der Waals surface area contributed by atoms with Crippen molar-refractivity contribution in [2.45, 2.75) is 227 Å². The van der Waals surface area contributed by atoms with Crippen molar-refractivity contribution >= 4 is 100 Å². The molecule has 0 radical (unpaired) electrons. The summed E-state index contributed by atoms with van der Waals surface area (Å²) in [5.74, 6) is -13.8. The monoisotopic (exact) mass is 1250 g/mol. The van der Waals surface area contributed by atoms with Crippen LogP contribution in [0.1, 0.15) is 130 Å². The van der Waals surface area contributed by atoms with Gasteiger partial charge in [0.15, 0.2) is 0 Å². The molecule has 0 fully saturated rings. The van der Waals surface area contributed by atoms with E-state index < -0.39 is 197 Å². The maximum absolute atomic E-state index is 13.0. The number of hydrogen-bond donors (Lipinski definition) is 18. The summed E-state index contributed by atoms with van der Waals surface area (Å²) in [5, 5.41) is 47.4. The van der Waals surface area contributed by atoms with Crippen molar-refractivity contribution in [1.82, 2.24) is 85.1 Å². The fraction of sp³-hybridized carbons (Fsp3) is 0.679. The minimum Gasteiger partial charge on any atom is -0.480 e. The first-order valence-corrected chi connectivity index (χ1v) is 28.4. The molecule has 0 saturated heterocycles. The molecule has 0 aliphatic carbocycles. The van der Waals surface area contributed by atoms with Gasteiger partial charge in [-0.1, -0.05) is 0 Å². The van der Waals surface area contributed by atoms with Crippen LogP contribution in [0.25, 0.3) is 0 Å². The first-order valence-electron chi connectivity index (χ1n) is 28.4. The highest BCUT2D eigenvalue weighted by molar-refractivity contribution is 6.00. The lowest BCUT2D eigenvalue weighted by Crippen LogP contribution is -2.59. The zero-order chi connectivity index (χ0) is 68.2. The van der Waals surface area contributed by atoms with Gasteiger partial charge < -0.3 is 95.9 Å². The van der Waals surface area contributed by atoms with Crippen molar-refractivity contribution in [2.75, 3.05) is 6.54 Å². The molecule has 16 atom stereocenters. The Kier molecular flexibility index (Phi) is 34.3. The Balaban J connectivity index is 5.01. The number of hydrogen-bond acceptors (Lipinski definition) is 18. The maximum atomic E-state index is 13.0. The van der Waals surface area contributed by atoms with Crippen LogP contribution < -0.4 is 90.8 Å². The summed E-state index contributed by atoms with van der Waals surface area (Å²) in [7, 11) is 0. The van der Waals surface area contributed by atoms with E-state index in [1.165, 1.54) is 111 Å². The zero-order valence-corrected chi connectivity index (χ0v) is 52.5. The Morgan fingerprint density at radius 1 is 0.250 bits per heavy atom. The number of rotatable bonds is 36. The van der Waals surface area contributed by atoms with Gasteiger partial charge in [0.25, 0.3) is 0 Å². The quantitative estimate of drug-likeness (QED) is 0.0259. The van der Waals surface area contributed by atoms with Crippen molar-refractivity contribution in [3.05, 3.63) is 0 Å². The molecule has 496 valence electrons. The lowest BCUT2D eigenvalue weighted by Gasteiger charge is -2.24. The molecule has 19 N–H and O–H groups in total. The predicted octanol–water partition coefficient (Wildman–Crippen LogP) is -7.72. The van der Waals surface area contributed by atoms with Gasteiger partial charge in [-0.3, -0.25) is 76.7 Å². The third-order valence-electron chi connectivity index (χ3n) is 12.9. The molecule has 0 rings (SSSR count). The molecule has 0 aliphatic heterocycles. The maximum Gasteiger partial charge on any atom is 0.326 e. The van der Waals surface area contributed by atoms with Gasteiger partial charge in [-0.25, -0.2) is 4.79 Å². The zero-order valence-electron chi connectivity index (χ0n) is 52.5. The Morgan fingerprint density at radius 2 is 0.386 bits per heavy atom. The van der Waals surface area contributed by atoms with Crippen molar-refractivity contribution < 1.29 is 86.6 Å². The van der Waals surface area contributed by atoms with Crippen molar-refractivity contribution in [3.63, 3.8) is 0 Å². The van der Waals surface area contributed by atoms with E-state index in [0.29, 0.717) is 19.4 Å². The fourth-order valence-electron chi connectivity index (χ4n) is 7.07. The third-order valence-corrected chi connectivity index (χ3v) is 12.9. The molecule has 0 heterocycles. The van der Waals surface area contributed by atoms with Crippen LogP contribution in [0.3, 0.4) is 0 Å². The summed E-state index contributed by atoms with van der Waals surface area (Å²) in [6.45, 7) is 21.1. The van der Waals surface area contributed by atoms with Crippen LogP contribution in [0.2, 0.25) is 0 Å². The van der Waals surface area contributed by atoms with Crippen molar-refractivity contribution in [3.8, 4) is 0 Å². The topological polar surface area (TPSA) is 529 Å². The van der Waals surface area contributed by atoms with Crippen LogP contribution in [0.5, 0.6) is 0 Å². The van der Waals surface area contributed by atoms with Crippen LogP contribution in [0, 0.1) is 0 Å². The highest BCUT2D eigenvalue weighted by atomic mass is 16.4. The SMILES string of the molecule is CC(=O)N[C@H](C)C(=O)N[C@H](C)C(=O)N[C@H](C)C(=O)N[C@H](C)C(=O)N[C@H](C)C(=O)N[C@H](C)C(=O)N[C@H](C)C(=O)N[C@H](C)C(=O)N[C@H](C)C(=O)N[C@H](C)C(=O)N[C@H](C)C(=O)N[C@H](C)C(=O)N[C@H](C)C(=O)N[C@H](C)C(=O)N[C@H](C)C(=O)N[C@@H](CCCCN)C(=O)O. The molecular formula is C53H91N17O18. The molecule has 88 heavy (non-hydrogen) atoms. The Bertz CT molecular complexity index is 2570. The van der Waals surface area contributed by atoms with E-state index in [1.807, 2.05) is 0 Å². The van der Waals surface area contributed by atoms with Gasteiger partial charge in [0.1, 0.15) is 96.7 Å². The van der Waals surface area contributed by atoms with Gasteiger partial charge in [-0.2, -0.15) is 0 Å². The molecule has 0 bridgehead atoms. The molecular weight excluding hydrogens is 1160 g/mol. The third kappa shape index (κ3) is 28.9.